The van der Waals surface area contributed by atoms with Crippen LogP contribution in [0.1, 0.15) is 15.9 Å². The van der Waals surface area contributed by atoms with Gasteiger partial charge in [-0.3, -0.25) is 9.52 Å². The van der Waals surface area contributed by atoms with Gasteiger partial charge in [0.2, 0.25) is 0 Å². The number of hydrogen-bond acceptors (Lipinski definition) is 6. The van der Waals surface area contributed by atoms with Gasteiger partial charge in [0.05, 0.1) is 10.5 Å². The number of ether oxygens (including phenoxy) is 1. The Balaban J connectivity index is 1.67. The van der Waals surface area contributed by atoms with Crippen molar-refractivity contribution in [3.8, 4) is 5.75 Å². The lowest BCUT2D eigenvalue weighted by Crippen LogP contribution is -2.24. The van der Waals surface area contributed by atoms with Crippen LogP contribution in [0.15, 0.2) is 52.9 Å². The monoisotopic (exact) mass is 493 g/mol. The average Bonchev–Trinajstić information content (AvgIpc) is 3.19. The highest BCUT2D eigenvalue weighted by Crippen LogP contribution is 2.26. The lowest BCUT2D eigenvalue weighted by atomic mass is 10.1. The molecule has 7 nitrogen and oxygen atoms in total. The lowest BCUT2D eigenvalue weighted by Gasteiger charge is -2.11. The Bertz CT molecular complexity index is 1230. The van der Waals surface area contributed by atoms with Crippen molar-refractivity contribution in [3.05, 3.63) is 70.7 Å². The number of amides is 1. The van der Waals surface area contributed by atoms with E-state index in [1.54, 1.807) is 0 Å². The lowest BCUT2D eigenvalue weighted by molar-refractivity contribution is -0.275. The van der Waals surface area contributed by atoms with Crippen molar-refractivity contribution in [1.29, 1.82) is 0 Å². The van der Waals surface area contributed by atoms with Gasteiger partial charge < -0.3 is 10.1 Å². The van der Waals surface area contributed by atoms with Gasteiger partial charge in [0.25, 0.3) is 15.9 Å². The number of nitrogens with zero attached hydrogens (tertiary/aromatic N) is 1. The Hall–Kier alpha value is -3.26. The van der Waals surface area contributed by atoms with Crippen LogP contribution in [0, 0.1) is 11.6 Å². The molecular formula is C18H12F5N3O4S2. The van der Waals surface area contributed by atoms with Gasteiger partial charge in [-0.2, -0.15) is 0 Å². The first-order valence-electron chi connectivity index (χ1n) is 8.49. The van der Waals surface area contributed by atoms with E-state index in [-0.39, 0.29) is 17.2 Å². The zero-order valence-corrected chi connectivity index (χ0v) is 17.2. The summed E-state index contributed by atoms with van der Waals surface area (Å²) in [5.74, 6) is -4.43. The van der Waals surface area contributed by atoms with E-state index in [9.17, 15) is 35.2 Å². The molecule has 32 heavy (non-hydrogen) atoms. The zero-order valence-electron chi connectivity index (χ0n) is 15.6. The van der Waals surface area contributed by atoms with Gasteiger partial charge in [0, 0.05) is 18.1 Å². The van der Waals surface area contributed by atoms with E-state index >= 15 is 0 Å². The molecule has 0 unspecified atom stereocenters. The topological polar surface area (TPSA) is 97.4 Å². The maximum Gasteiger partial charge on any atom is 0.573 e. The number of sulfonamides is 1. The highest BCUT2D eigenvalue weighted by atomic mass is 32.2. The van der Waals surface area contributed by atoms with Crippen LogP contribution >= 0.6 is 11.3 Å². The summed E-state index contributed by atoms with van der Waals surface area (Å²) in [5.41, 5.74) is -0.409. The van der Waals surface area contributed by atoms with Gasteiger partial charge >= 0.3 is 6.36 Å². The summed E-state index contributed by atoms with van der Waals surface area (Å²) in [4.78, 5) is 15.5. The number of thiazole rings is 1. The number of carbonyl (C=O) groups is 1. The minimum atomic E-state index is -5.07. The fraction of sp³-hybridized carbons (Fsp3) is 0.111. The normalized spacial score (nSPS) is 11.8. The second-order valence-electron chi connectivity index (χ2n) is 6.08. The Morgan fingerprint density at radius 3 is 2.44 bits per heavy atom. The number of alkyl halides is 3. The smallest absolute Gasteiger partial charge is 0.403 e. The van der Waals surface area contributed by atoms with E-state index in [2.05, 4.69) is 19.8 Å². The maximum absolute atomic E-state index is 14.4. The van der Waals surface area contributed by atoms with Gasteiger partial charge in [-0.15, -0.1) is 24.5 Å². The minimum absolute atomic E-state index is 0.0751. The second-order valence-corrected chi connectivity index (χ2v) is 8.66. The Kier molecular flexibility index (Phi) is 6.64. The van der Waals surface area contributed by atoms with E-state index in [1.165, 1.54) is 11.6 Å². The number of halogens is 5. The van der Waals surface area contributed by atoms with Crippen LogP contribution in [0.5, 0.6) is 5.75 Å². The third-order valence-electron chi connectivity index (χ3n) is 3.82. The Labute approximate surface area is 181 Å². The van der Waals surface area contributed by atoms with E-state index in [0.29, 0.717) is 6.07 Å². The number of anilines is 1. The summed E-state index contributed by atoms with van der Waals surface area (Å²) in [6, 6.07) is 5.14. The number of rotatable bonds is 7. The molecule has 14 heteroatoms. The first kappa shape index (κ1) is 23.4. The molecule has 1 heterocycles. The second kappa shape index (κ2) is 9.08. The molecule has 170 valence electrons. The fourth-order valence-electron chi connectivity index (χ4n) is 2.43. The minimum Gasteiger partial charge on any atom is -0.403 e. The van der Waals surface area contributed by atoms with Crippen molar-refractivity contribution in [2.75, 3.05) is 4.72 Å². The largest absolute Gasteiger partial charge is 0.573 e. The van der Waals surface area contributed by atoms with Crippen LogP contribution in [-0.2, 0) is 16.6 Å². The number of hydrogen-bond donors (Lipinski definition) is 2. The SMILES string of the molecule is O=C(NCc1ccc(OC(F)(F)F)c(F)c1)c1ccc(S(=O)(=O)Nc2nccs2)cc1F. The van der Waals surface area contributed by atoms with E-state index < -0.39 is 50.1 Å². The van der Waals surface area contributed by atoms with Gasteiger partial charge in [-0.25, -0.2) is 22.2 Å². The van der Waals surface area contributed by atoms with Crippen molar-refractivity contribution in [2.24, 2.45) is 0 Å². The van der Waals surface area contributed by atoms with Crippen molar-refractivity contribution in [3.63, 3.8) is 0 Å². The van der Waals surface area contributed by atoms with E-state index in [1.807, 2.05) is 0 Å². The van der Waals surface area contributed by atoms with Crippen LogP contribution in [0.2, 0.25) is 0 Å². The molecule has 0 radical (unpaired) electrons. The molecule has 0 spiro atoms. The molecule has 2 N–H and O–H groups in total. The molecule has 0 aliphatic heterocycles. The molecule has 1 aromatic heterocycles. The molecule has 0 saturated carbocycles. The van der Waals surface area contributed by atoms with Crippen LogP contribution in [0.3, 0.4) is 0 Å². The molecule has 0 aliphatic carbocycles. The fourth-order valence-corrected chi connectivity index (χ4v) is 4.23. The molecule has 3 aromatic rings. The quantitative estimate of drug-likeness (QED) is 0.484. The molecule has 0 fully saturated rings. The first-order valence-corrected chi connectivity index (χ1v) is 10.8. The molecular weight excluding hydrogens is 481 g/mol. The summed E-state index contributed by atoms with van der Waals surface area (Å²) in [6.45, 7) is -0.340. The highest BCUT2D eigenvalue weighted by molar-refractivity contribution is 7.93. The summed E-state index contributed by atoms with van der Waals surface area (Å²) >= 11 is 1.02. The number of benzene rings is 2. The molecule has 0 atom stereocenters. The molecule has 2 aromatic carbocycles. The van der Waals surface area contributed by atoms with Crippen molar-refractivity contribution < 1.29 is 39.9 Å². The van der Waals surface area contributed by atoms with Gasteiger partial charge in [0.1, 0.15) is 5.82 Å². The summed E-state index contributed by atoms with van der Waals surface area (Å²) in [7, 11) is -4.13. The average molecular weight is 493 g/mol. The van der Waals surface area contributed by atoms with Crippen LogP contribution in [-0.4, -0.2) is 25.7 Å². The highest BCUT2D eigenvalue weighted by Gasteiger charge is 2.32. The van der Waals surface area contributed by atoms with Crippen molar-refractivity contribution in [2.45, 2.75) is 17.8 Å². The third-order valence-corrected chi connectivity index (χ3v) is 5.98. The van der Waals surface area contributed by atoms with E-state index in [0.717, 1.165) is 41.7 Å². The number of carbonyl (C=O) groups excluding carboxylic acids is 1. The molecule has 3 rings (SSSR count). The van der Waals surface area contributed by atoms with Crippen LogP contribution in [0.4, 0.5) is 27.1 Å². The molecule has 1 amide bonds. The zero-order chi connectivity index (χ0) is 23.5. The standard InChI is InChI=1S/C18H12F5N3O4S2/c19-13-8-11(32(28,29)26-17-24-5-6-31-17)2-3-12(13)16(27)25-9-10-1-4-15(14(20)7-10)30-18(21,22)23/h1-8H,9H2,(H,24,26)(H,25,27). The number of nitrogens with one attached hydrogen (secondary N) is 2. The molecule has 0 saturated heterocycles. The number of aromatic nitrogens is 1. The predicted octanol–water partition coefficient (Wildman–Crippen LogP) is 4.05. The maximum atomic E-state index is 14.4. The van der Waals surface area contributed by atoms with Gasteiger partial charge in [-0.05, 0) is 35.9 Å². The Morgan fingerprint density at radius 2 is 1.84 bits per heavy atom. The third kappa shape index (κ3) is 5.91. The van der Waals surface area contributed by atoms with Gasteiger partial charge in [0.15, 0.2) is 16.7 Å². The molecule has 0 bridgehead atoms. The van der Waals surface area contributed by atoms with Crippen molar-refractivity contribution in [1.82, 2.24) is 10.3 Å². The molecule has 0 aliphatic rings. The van der Waals surface area contributed by atoms with Crippen LogP contribution in [0.25, 0.3) is 0 Å². The van der Waals surface area contributed by atoms with E-state index in [4.69, 9.17) is 0 Å². The van der Waals surface area contributed by atoms with Crippen molar-refractivity contribution >= 4 is 32.4 Å². The summed E-state index contributed by atoms with van der Waals surface area (Å²) in [5, 5.41) is 3.87. The predicted molar refractivity (Wildman–Crippen MR) is 104 cm³/mol. The first-order chi connectivity index (χ1) is 14.9. The Morgan fingerprint density at radius 1 is 1.09 bits per heavy atom. The van der Waals surface area contributed by atoms with Gasteiger partial charge in [-0.1, -0.05) is 6.07 Å². The van der Waals surface area contributed by atoms with Crippen LogP contribution < -0.4 is 14.8 Å². The summed E-state index contributed by atoms with van der Waals surface area (Å²) in [6.07, 6.45) is -3.69. The summed E-state index contributed by atoms with van der Waals surface area (Å²) < 4.78 is 94.8.